The predicted molar refractivity (Wildman–Crippen MR) is 183 cm³/mol. The first-order valence-corrected chi connectivity index (χ1v) is 15.7. The lowest BCUT2D eigenvalue weighted by molar-refractivity contribution is -0.0417. The molecule has 0 amide bonds. The molecule has 0 spiro atoms. The molecule has 0 saturated heterocycles. The lowest BCUT2D eigenvalue weighted by Crippen LogP contribution is -2.46. The van der Waals surface area contributed by atoms with Crippen LogP contribution in [0.1, 0.15) is 47.0 Å². The van der Waals surface area contributed by atoms with Crippen molar-refractivity contribution in [3.63, 3.8) is 0 Å². The Morgan fingerprint density at radius 2 is 0.880 bits per heavy atom. The fourth-order valence-electron chi connectivity index (χ4n) is 4.62. The van der Waals surface area contributed by atoms with Crippen molar-refractivity contribution in [1.29, 1.82) is 0 Å². The molecule has 0 saturated carbocycles. The average Bonchev–Trinajstić information content (AvgIpc) is 3.18. The lowest BCUT2D eigenvalue weighted by Gasteiger charge is -2.27. The van der Waals surface area contributed by atoms with Crippen LogP contribution in [0.4, 0.5) is 0 Å². The topological polar surface area (TPSA) is 127 Å². The highest BCUT2D eigenvalue weighted by molar-refractivity contribution is 5.98. The maximum absolute atomic E-state index is 13.6. The van der Waals surface area contributed by atoms with Crippen molar-refractivity contribution in [2.45, 2.75) is 18.8 Å². The van der Waals surface area contributed by atoms with Crippen molar-refractivity contribution >= 4 is 29.6 Å². The number of rotatable bonds is 15. The van der Waals surface area contributed by atoms with E-state index in [0.717, 1.165) is 5.56 Å². The minimum atomic E-state index is -1.56. The van der Waals surface area contributed by atoms with Gasteiger partial charge in [-0.25, -0.2) is 19.2 Å². The summed E-state index contributed by atoms with van der Waals surface area (Å²) in [7, 11) is 0. The molecular weight excluding hydrogens is 638 g/mol. The van der Waals surface area contributed by atoms with Crippen molar-refractivity contribution in [1.82, 2.24) is 0 Å². The van der Waals surface area contributed by atoms with Gasteiger partial charge >= 0.3 is 23.9 Å². The molecule has 252 valence electrons. The highest BCUT2D eigenvalue weighted by Crippen LogP contribution is 2.18. The monoisotopic (exact) mass is 671 g/mol. The molecule has 0 fully saturated rings. The van der Waals surface area contributed by atoms with Crippen LogP contribution < -0.4 is 0 Å². The molecule has 0 aliphatic heterocycles. The number of carbonyl (C=O) groups excluding carboxylic acids is 4. The second-order valence-corrected chi connectivity index (χ2v) is 10.8. The van der Waals surface area contributed by atoms with Gasteiger partial charge in [-0.1, -0.05) is 108 Å². The maximum atomic E-state index is 13.6. The fraction of sp³-hybridized carbons (Fsp3) is 0.125. The molecule has 0 N–H and O–H groups in total. The second-order valence-electron chi connectivity index (χ2n) is 10.8. The molecule has 50 heavy (non-hydrogen) atoms. The lowest BCUT2D eigenvalue weighted by atomic mass is 10.1. The summed E-state index contributed by atoms with van der Waals surface area (Å²) in [5.74, 6) is -3.01. The minimum absolute atomic E-state index is 0.00772. The number of oxime groups is 1. The molecule has 0 heterocycles. The molecule has 0 aliphatic rings. The maximum Gasteiger partial charge on any atom is 0.338 e. The van der Waals surface area contributed by atoms with Gasteiger partial charge < -0.3 is 23.8 Å². The Morgan fingerprint density at radius 1 is 0.480 bits per heavy atom. The van der Waals surface area contributed by atoms with Gasteiger partial charge in [-0.05, 0) is 54.1 Å². The molecule has 0 aromatic heterocycles. The zero-order chi connectivity index (χ0) is 35.0. The summed E-state index contributed by atoms with van der Waals surface area (Å²) < 4.78 is 23.1. The van der Waals surface area contributed by atoms with Gasteiger partial charge in [0.15, 0.2) is 12.2 Å². The van der Waals surface area contributed by atoms with Gasteiger partial charge in [0.05, 0.1) is 22.3 Å². The Balaban J connectivity index is 1.51. The molecule has 10 nitrogen and oxygen atoms in total. The standard InChI is InChI=1S/C40H33NO9/c42-37(30-18-8-2-9-19-30)46-27-34(41-48-26-29-16-6-1-7-17-29)36(50-40(45)33-24-14-5-15-25-33)35(49-39(44)32-22-12-4-13-23-32)28-47-38(43)31-20-10-3-11-21-31/h1-25,35-36H,26-28H2/b41-34-/t35-,36-/m1/s1. The van der Waals surface area contributed by atoms with E-state index in [0.29, 0.717) is 0 Å². The molecule has 2 atom stereocenters. The summed E-state index contributed by atoms with van der Waals surface area (Å²) in [6.45, 7) is -1.10. The van der Waals surface area contributed by atoms with Crippen LogP contribution in [0.3, 0.4) is 0 Å². The summed E-state index contributed by atoms with van der Waals surface area (Å²) in [4.78, 5) is 58.8. The predicted octanol–water partition coefficient (Wildman–Crippen LogP) is 6.72. The number of hydrogen-bond donors (Lipinski definition) is 0. The van der Waals surface area contributed by atoms with E-state index in [2.05, 4.69) is 5.16 Å². The van der Waals surface area contributed by atoms with E-state index >= 15 is 0 Å². The average molecular weight is 672 g/mol. The van der Waals surface area contributed by atoms with E-state index in [1.165, 1.54) is 12.1 Å². The van der Waals surface area contributed by atoms with Crippen LogP contribution >= 0.6 is 0 Å². The number of hydrogen-bond acceptors (Lipinski definition) is 10. The Labute approximate surface area is 288 Å². The van der Waals surface area contributed by atoms with E-state index < -0.39 is 49.3 Å². The Morgan fingerprint density at radius 3 is 1.36 bits per heavy atom. The van der Waals surface area contributed by atoms with E-state index in [9.17, 15) is 19.2 Å². The van der Waals surface area contributed by atoms with Gasteiger partial charge in [0, 0.05) is 0 Å². The quantitative estimate of drug-likeness (QED) is 0.0516. The largest absolute Gasteiger partial charge is 0.458 e. The summed E-state index contributed by atoms with van der Waals surface area (Å²) in [5, 5.41) is 4.25. The Hall–Kier alpha value is -6.55. The van der Waals surface area contributed by atoms with Crippen molar-refractivity contribution in [3.05, 3.63) is 179 Å². The third-order valence-electron chi connectivity index (χ3n) is 7.18. The number of carbonyl (C=O) groups is 4. The van der Waals surface area contributed by atoms with Gasteiger partial charge in [-0.3, -0.25) is 0 Å². The van der Waals surface area contributed by atoms with Crippen LogP contribution in [0.15, 0.2) is 157 Å². The van der Waals surface area contributed by atoms with E-state index in [1.807, 2.05) is 30.3 Å². The molecule has 5 aromatic rings. The van der Waals surface area contributed by atoms with Crippen LogP contribution in [-0.2, 0) is 30.4 Å². The normalized spacial score (nSPS) is 12.1. The number of esters is 4. The van der Waals surface area contributed by atoms with Crippen LogP contribution in [0.25, 0.3) is 0 Å². The van der Waals surface area contributed by atoms with Gasteiger partial charge in [0.1, 0.15) is 25.5 Å². The van der Waals surface area contributed by atoms with Gasteiger partial charge in [-0.15, -0.1) is 0 Å². The third-order valence-corrected chi connectivity index (χ3v) is 7.18. The van der Waals surface area contributed by atoms with E-state index in [1.54, 1.807) is 109 Å². The molecule has 0 aliphatic carbocycles. The van der Waals surface area contributed by atoms with Crippen molar-refractivity contribution < 1.29 is 43.0 Å². The van der Waals surface area contributed by atoms with Crippen LogP contribution in [0, 0.1) is 0 Å². The molecule has 5 aromatic carbocycles. The van der Waals surface area contributed by atoms with Crippen molar-refractivity contribution in [2.24, 2.45) is 5.16 Å². The summed E-state index contributed by atoms with van der Waals surface area (Å²) in [5.41, 5.74) is 1.52. The Bertz CT molecular complexity index is 1870. The van der Waals surface area contributed by atoms with Gasteiger partial charge in [0.2, 0.25) is 0 Å². The minimum Gasteiger partial charge on any atom is -0.458 e. The zero-order valence-corrected chi connectivity index (χ0v) is 26.8. The zero-order valence-electron chi connectivity index (χ0n) is 26.8. The third kappa shape index (κ3) is 10.2. The molecule has 5 rings (SSSR count). The Kier molecular flexibility index (Phi) is 12.6. The van der Waals surface area contributed by atoms with Crippen LogP contribution in [-0.4, -0.2) is 55.0 Å². The molecule has 0 radical (unpaired) electrons. The van der Waals surface area contributed by atoms with Crippen molar-refractivity contribution in [2.75, 3.05) is 13.2 Å². The molecule has 0 unspecified atom stereocenters. The van der Waals surface area contributed by atoms with Gasteiger partial charge in [0.25, 0.3) is 0 Å². The summed E-state index contributed by atoms with van der Waals surface area (Å²) >= 11 is 0. The first kappa shape index (κ1) is 34.8. The summed E-state index contributed by atoms with van der Waals surface area (Å²) in [6, 6.07) is 41.9. The number of ether oxygens (including phenoxy) is 4. The SMILES string of the molecule is O=C(OC/C(=N/OCc1ccccc1)[C@@H](OC(=O)c1ccccc1)[C@@H](COC(=O)c1ccccc1)OC(=O)c1ccccc1)c1ccccc1. The number of nitrogens with zero attached hydrogens (tertiary/aromatic N) is 1. The van der Waals surface area contributed by atoms with Gasteiger partial charge in [-0.2, -0.15) is 0 Å². The fourth-order valence-corrected chi connectivity index (χ4v) is 4.62. The summed E-state index contributed by atoms with van der Waals surface area (Å²) in [6.07, 6.45) is -3.03. The van der Waals surface area contributed by atoms with Crippen LogP contribution in [0.2, 0.25) is 0 Å². The molecule has 10 heteroatoms. The van der Waals surface area contributed by atoms with Crippen LogP contribution in [0.5, 0.6) is 0 Å². The highest BCUT2D eigenvalue weighted by atomic mass is 16.6. The first-order valence-electron chi connectivity index (χ1n) is 15.7. The first-order chi connectivity index (χ1) is 24.5. The van der Waals surface area contributed by atoms with E-state index in [4.69, 9.17) is 23.8 Å². The highest BCUT2D eigenvalue weighted by Gasteiger charge is 2.37. The van der Waals surface area contributed by atoms with Crippen molar-refractivity contribution in [3.8, 4) is 0 Å². The number of benzene rings is 5. The van der Waals surface area contributed by atoms with E-state index in [-0.39, 0.29) is 34.6 Å². The second kappa shape index (κ2) is 18.1. The molecule has 0 bridgehead atoms. The smallest absolute Gasteiger partial charge is 0.338 e. The molecular formula is C40H33NO9.